The van der Waals surface area contributed by atoms with Gasteiger partial charge in [-0.05, 0) is 44.7 Å². The third kappa shape index (κ3) is 3.18. The molecule has 3 aliphatic rings. The van der Waals surface area contributed by atoms with Crippen LogP contribution < -0.4 is 10.5 Å². The van der Waals surface area contributed by atoms with E-state index < -0.39 is 6.10 Å². The van der Waals surface area contributed by atoms with Crippen LogP contribution >= 0.6 is 11.3 Å². The van der Waals surface area contributed by atoms with Crippen LogP contribution in [0.1, 0.15) is 45.4 Å². The maximum Gasteiger partial charge on any atom is 0.263 e. The lowest BCUT2D eigenvalue weighted by Crippen LogP contribution is -2.48. The van der Waals surface area contributed by atoms with Crippen LogP contribution in [0.5, 0.6) is 0 Å². The maximum absolute atomic E-state index is 13.2. The van der Waals surface area contributed by atoms with Crippen LogP contribution in [-0.4, -0.2) is 57.7 Å². The molecular formula is C21H26N4O3S. The fourth-order valence-corrected chi connectivity index (χ4v) is 5.88. The molecule has 2 bridgehead atoms. The fourth-order valence-electron chi connectivity index (χ4n) is 4.95. The minimum Gasteiger partial charge on any atom is -0.391 e. The number of amides is 1. The van der Waals surface area contributed by atoms with E-state index in [0.29, 0.717) is 32.0 Å². The molecule has 3 aliphatic heterocycles. The van der Waals surface area contributed by atoms with Gasteiger partial charge in [-0.15, -0.1) is 11.3 Å². The van der Waals surface area contributed by atoms with Crippen LogP contribution in [0.15, 0.2) is 16.9 Å². The summed E-state index contributed by atoms with van der Waals surface area (Å²) in [6.07, 6.45) is 1.17. The molecule has 3 atom stereocenters. The summed E-state index contributed by atoms with van der Waals surface area (Å²) in [5.41, 5.74) is 2.16. The van der Waals surface area contributed by atoms with Gasteiger partial charge >= 0.3 is 0 Å². The largest absolute Gasteiger partial charge is 0.391 e. The topological polar surface area (TPSA) is 78.7 Å². The molecule has 5 heterocycles. The van der Waals surface area contributed by atoms with Crippen molar-refractivity contribution in [3.05, 3.63) is 44.3 Å². The molecule has 7 nitrogen and oxygen atoms in total. The number of carbonyl (C=O) groups is 1. The molecule has 5 rings (SSSR count). The average Bonchev–Trinajstić information content (AvgIpc) is 3.27. The second-order valence-electron chi connectivity index (χ2n) is 8.62. The first-order valence-corrected chi connectivity index (χ1v) is 11.1. The van der Waals surface area contributed by atoms with Gasteiger partial charge in [-0.25, -0.2) is 4.98 Å². The zero-order chi connectivity index (χ0) is 20.3. The number of piperidine rings is 1. The van der Waals surface area contributed by atoms with Crippen molar-refractivity contribution >= 4 is 22.4 Å². The van der Waals surface area contributed by atoms with Gasteiger partial charge in [-0.3, -0.25) is 9.59 Å². The number of aryl methyl sites for hydroxylation is 2. The van der Waals surface area contributed by atoms with E-state index in [1.54, 1.807) is 22.3 Å². The number of rotatable bonds is 2. The summed E-state index contributed by atoms with van der Waals surface area (Å²) >= 11 is 1.74. The fraction of sp³-hybridized carbons (Fsp3) is 0.571. The lowest BCUT2D eigenvalue weighted by molar-refractivity contribution is 0.0762. The number of likely N-dealkylation sites (tertiary alicyclic amines) is 1. The number of anilines is 1. The standard InChI is InChI=1S/C21H26N4O3S/c1-12-13(2)29-21(22-12)24-8-14-7-15(10-24)18-4-3-17(20(28)25(18)9-14)19(27)23-6-5-16(26)11-23/h3-4,14-16,26H,5-11H2,1-2H3/t14-,15+,16+/m0/s1. The molecule has 2 saturated heterocycles. The maximum atomic E-state index is 13.2. The quantitative estimate of drug-likeness (QED) is 0.810. The molecule has 0 spiro atoms. The van der Waals surface area contributed by atoms with Gasteiger partial charge in [0.05, 0.1) is 11.8 Å². The number of hydrogen-bond acceptors (Lipinski definition) is 6. The molecule has 0 radical (unpaired) electrons. The Kier molecular flexibility index (Phi) is 4.51. The number of aromatic nitrogens is 2. The summed E-state index contributed by atoms with van der Waals surface area (Å²) < 4.78 is 1.83. The average molecular weight is 415 g/mol. The minimum absolute atomic E-state index is 0.182. The number of fused-ring (bicyclic) bond motifs is 4. The molecule has 1 amide bonds. The van der Waals surface area contributed by atoms with E-state index in [9.17, 15) is 14.7 Å². The van der Waals surface area contributed by atoms with Gasteiger partial charge in [-0.2, -0.15) is 0 Å². The molecule has 1 N–H and O–H groups in total. The SMILES string of the molecule is Cc1nc(N2C[C@@H]3C[C@H](C2)c2ccc(C(=O)N4CC[C@@H](O)C4)c(=O)n2C3)sc1C. The Morgan fingerprint density at radius 3 is 2.72 bits per heavy atom. The Hall–Kier alpha value is -2.19. The third-order valence-electron chi connectivity index (χ3n) is 6.57. The van der Waals surface area contributed by atoms with E-state index in [1.807, 2.05) is 17.6 Å². The van der Waals surface area contributed by atoms with E-state index in [1.165, 1.54) is 4.88 Å². The van der Waals surface area contributed by atoms with Crippen molar-refractivity contribution in [2.75, 3.05) is 31.1 Å². The Morgan fingerprint density at radius 1 is 1.21 bits per heavy atom. The molecule has 29 heavy (non-hydrogen) atoms. The number of hydrogen-bond donors (Lipinski definition) is 1. The first-order valence-electron chi connectivity index (χ1n) is 10.3. The van der Waals surface area contributed by atoms with Crippen molar-refractivity contribution in [3.63, 3.8) is 0 Å². The first-order chi connectivity index (χ1) is 13.9. The van der Waals surface area contributed by atoms with Crippen molar-refractivity contribution in [2.45, 2.75) is 45.3 Å². The van der Waals surface area contributed by atoms with Crippen molar-refractivity contribution in [3.8, 4) is 0 Å². The molecule has 154 valence electrons. The van der Waals surface area contributed by atoms with Gasteiger partial charge in [0.1, 0.15) is 5.56 Å². The molecule has 2 fully saturated rings. The van der Waals surface area contributed by atoms with Gasteiger partial charge in [0.15, 0.2) is 5.13 Å². The van der Waals surface area contributed by atoms with Gasteiger partial charge in [-0.1, -0.05) is 0 Å². The highest BCUT2D eigenvalue weighted by molar-refractivity contribution is 7.15. The minimum atomic E-state index is -0.484. The number of aliphatic hydroxyl groups excluding tert-OH is 1. The summed E-state index contributed by atoms with van der Waals surface area (Å²) in [5, 5.41) is 10.8. The molecule has 0 aromatic carbocycles. The van der Waals surface area contributed by atoms with Gasteiger partial charge in [0.2, 0.25) is 0 Å². The van der Waals surface area contributed by atoms with Crippen LogP contribution in [0.25, 0.3) is 0 Å². The predicted octanol–water partition coefficient (Wildman–Crippen LogP) is 1.75. The molecule has 0 saturated carbocycles. The van der Waals surface area contributed by atoms with Crippen molar-refractivity contribution in [2.24, 2.45) is 5.92 Å². The highest BCUT2D eigenvalue weighted by atomic mass is 32.1. The first kappa shape index (κ1) is 18.8. The highest BCUT2D eigenvalue weighted by Gasteiger charge is 2.37. The van der Waals surface area contributed by atoms with Crippen molar-refractivity contribution in [1.82, 2.24) is 14.5 Å². The summed E-state index contributed by atoms with van der Waals surface area (Å²) in [7, 11) is 0. The second-order valence-corrected chi connectivity index (χ2v) is 9.80. The van der Waals surface area contributed by atoms with Crippen LogP contribution in [0, 0.1) is 19.8 Å². The van der Waals surface area contributed by atoms with E-state index in [-0.39, 0.29) is 22.9 Å². The number of β-amino-alcohol motifs (C(OH)–C–C–N with tert-alkyl or cyclic N) is 1. The number of thiazole rings is 1. The third-order valence-corrected chi connectivity index (χ3v) is 7.71. The van der Waals surface area contributed by atoms with Crippen LogP contribution in [0.2, 0.25) is 0 Å². The number of nitrogens with zero attached hydrogens (tertiary/aromatic N) is 4. The summed E-state index contributed by atoms with van der Waals surface area (Å²) in [6.45, 7) is 7.37. The van der Waals surface area contributed by atoms with Crippen molar-refractivity contribution in [1.29, 1.82) is 0 Å². The van der Waals surface area contributed by atoms with Crippen LogP contribution in [0.4, 0.5) is 5.13 Å². The van der Waals surface area contributed by atoms with E-state index in [4.69, 9.17) is 4.98 Å². The summed E-state index contributed by atoms with van der Waals surface area (Å²) in [4.78, 5) is 35.9. The zero-order valence-corrected chi connectivity index (χ0v) is 17.6. The number of pyridine rings is 1. The molecule has 8 heteroatoms. The number of carbonyl (C=O) groups excluding carboxylic acids is 1. The molecule has 2 aromatic heterocycles. The predicted molar refractivity (Wildman–Crippen MR) is 112 cm³/mol. The monoisotopic (exact) mass is 414 g/mol. The Labute approximate surface area is 173 Å². The Morgan fingerprint density at radius 2 is 2.03 bits per heavy atom. The van der Waals surface area contributed by atoms with Crippen LogP contribution in [-0.2, 0) is 6.54 Å². The summed E-state index contributed by atoms with van der Waals surface area (Å²) in [6, 6.07) is 3.65. The van der Waals surface area contributed by atoms with E-state index in [0.717, 1.165) is 36.0 Å². The normalized spacial score (nSPS) is 26.0. The summed E-state index contributed by atoms with van der Waals surface area (Å²) in [5.74, 6) is 0.396. The Balaban J connectivity index is 1.43. The Bertz CT molecular complexity index is 1010. The van der Waals surface area contributed by atoms with Gasteiger partial charge < -0.3 is 19.5 Å². The van der Waals surface area contributed by atoms with Gasteiger partial charge in [0, 0.05) is 49.2 Å². The molecular weight excluding hydrogens is 388 g/mol. The van der Waals surface area contributed by atoms with Gasteiger partial charge in [0.25, 0.3) is 11.5 Å². The molecule has 0 unspecified atom stereocenters. The highest BCUT2D eigenvalue weighted by Crippen LogP contribution is 2.38. The zero-order valence-electron chi connectivity index (χ0n) is 16.8. The smallest absolute Gasteiger partial charge is 0.263 e. The van der Waals surface area contributed by atoms with Crippen LogP contribution in [0.3, 0.4) is 0 Å². The number of aliphatic hydroxyl groups is 1. The van der Waals surface area contributed by atoms with Crippen molar-refractivity contribution < 1.29 is 9.90 Å². The second kappa shape index (κ2) is 6.95. The lowest BCUT2D eigenvalue weighted by atomic mass is 9.83. The van der Waals surface area contributed by atoms with E-state index in [2.05, 4.69) is 11.8 Å². The lowest BCUT2D eigenvalue weighted by Gasteiger charge is -2.42. The molecule has 2 aromatic rings. The van der Waals surface area contributed by atoms with E-state index >= 15 is 0 Å². The molecule has 0 aliphatic carbocycles.